The Bertz CT molecular complexity index is 830. The van der Waals surface area contributed by atoms with Crippen molar-refractivity contribution in [2.75, 3.05) is 5.32 Å². The third-order valence-corrected chi connectivity index (χ3v) is 4.24. The summed E-state index contributed by atoms with van der Waals surface area (Å²) >= 11 is 5.90. The van der Waals surface area contributed by atoms with Gasteiger partial charge in [0.2, 0.25) is 0 Å². The van der Waals surface area contributed by atoms with Crippen LogP contribution in [0.4, 0.5) is 5.69 Å². The lowest BCUT2D eigenvalue weighted by molar-refractivity contribution is -0.137. The smallest absolute Gasteiger partial charge is 0.305 e. The molecule has 0 radical (unpaired) electrons. The monoisotopic (exact) mass is 351 g/mol. The third-order valence-electron chi connectivity index (χ3n) is 3.98. The fraction of sp³-hybridized carbons (Fsp3) is 0.0952. The summed E-state index contributed by atoms with van der Waals surface area (Å²) in [5, 5.41) is 13.2. The fourth-order valence-corrected chi connectivity index (χ4v) is 2.84. The second-order valence-electron chi connectivity index (χ2n) is 5.79. The van der Waals surface area contributed by atoms with Crippen molar-refractivity contribution in [3.8, 4) is 11.1 Å². The minimum Gasteiger partial charge on any atom is -0.481 e. The Labute approximate surface area is 151 Å². The number of anilines is 1. The molecule has 0 saturated heterocycles. The number of benzene rings is 3. The minimum absolute atomic E-state index is 0.00664. The van der Waals surface area contributed by atoms with Gasteiger partial charge in [-0.1, -0.05) is 66.2 Å². The maximum absolute atomic E-state index is 11.3. The van der Waals surface area contributed by atoms with Gasteiger partial charge in [-0.3, -0.25) is 4.79 Å². The van der Waals surface area contributed by atoms with Crippen molar-refractivity contribution >= 4 is 23.3 Å². The van der Waals surface area contributed by atoms with Gasteiger partial charge in [-0.25, -0.2) is 0 Å². The average Bonchev–Trinajstić information content (AvgIpc) is 2.63. The molecule has 0 aliphatic carbocycles. The first-order chi connectivity index (χ1) is 12.1. The molecule has 1 unspecified atom stereocenters. The highest BCUT2D eigenvalue weighted by atomic mass is 35.5. The average molecular weight is 352 g/mol. The summed E-state index contributed by atoms with van der Waals surface area (Å²) in [6, 6.07) is 25.0. The van der Waals surface area contributed by atoms with Crippen LogP contribution in [0.3, 0.4) is 0 Å². The summed E-state index contributed by atoms with van der Waals surface area (Å²) in [7, 11) is 0. The predicted octanol–water partition coefficient (Wildman–Crippen LogP) is 5.63. The van der Waals surface area contributed by atoms with Crippen molar-refractivity contribution in [3.05, 3.63) is 89.4 Å². The zero-order chi connectivity index (χ0) is 17.6. The van der Waals surface area contributed by atoms with E-state index in [1.165, 1.54) is 0 Å². The van der Waals surface area contributed by atoms with Crippen molar-refractivity contribution in [1.29, 1.82) is 0 Å². The van der Waals surface area contributed by atoms with Gasteiger partial charge in [0.25, 0.3) is 0 Å². The maximum atomic E-state index is 11.3. The van der Waals surface area contributed by atoms with Gasteiger partial charge in [0.1, 0.15) is 0 Å². The number of halogens is 1. The molecule has 0 aliphatic rings. The van der Waals surface area contributed by atoms with Crippen molar-refractivity contribution in [3.63, 3.8) is 0 Å². The number of aliphatic carboxylic acids is 1. The lowest BCUT2D eigenvalue weighted by Gasteiger charge is -2.19. The Balaban J connectivity index is 1.83. The fourth-order valence-electron chi connectivity index (χ4n) is 2.71. The van der Waals surface area contributed by atoms with Crippen molar-refractivity contribution in [2.24, 2.45) is 0 Å². The number of hydrogen-bond donors (Lipinski definition) is 2. The van der Waals surface area contributed by atoms with E-state index in [2.05, 4.69) is 17.4 Å². The molecule has 1 atom stereocenters. The van der Waals surface area contributed by atoms with Crippen molar-refractivity contribution in [2.45, 2.75) is 12.5 Å². The Morgan fingerprint density at radius 1 is 0.880 bits per heavy atom. The topological polar surface area (TPSA) is 49.3 Å². The van der Waals surface area contributed by atoms with Crippen LogP contribution >= 0.6 is 11.6 Å². The summed E-state index contributed by atoms with van der Waals surface area (Å²) in [4.78, 5) is 11.3. The van der Waals surface area contributed by atoms with E-state index in [9.17, 15) is 9.90 Å². The predicted molar refractivity (Wildman–Crippen MR) is 102 cm³/mol. The van der Waals surface area contributed by atoms with Gasteiger partial charge in [0.15, 0.2) is 0 Å². The van der Waals surface area contributed by atoms with Gasteiger partial charge in [0.05, 0.1) is 12.5 Å². The molecule has 0 heterocycles. The van der Waals surface area contributed by atoms with Crippen molar-refractivity contribution in [1.82, 2.24) is 0 Å². The van der Waals surface area contributed by atoms with Crippen LogP contribution in [0.15, 0.2) is 78.9 Å². The second kappa shape index (κ2) is 7.86. The molecule has 0 saturated carbocycles. The molecule has 3 aromatic carbocycles. The molecule has 0 bridgehead atoms. The summed E-state index contributed by atoms with van der Waals surface area (Å²) in [6.45, 7) is 0. The molecule has 126 valence electrons. The summed E-state index contributed by atoms with van der Waals surface area (Å²) < 4.78 is 0. The first-order valence-corrected chi connectivity index (χ1v) is 8.39. The Kier molecular flexibility index (Phi) is 5.36. The molecule has 0 fully saturated rings. The molecule has 4 heteroatoms. The number of hydrogen-bond acceptors (Lipinski definition) is 2. The standard InChI is InChI=1S/C21H18ClNO2/c22-18-10-12-19(13-11-18)23-20(14-21(24)25)17-8-6-16(7-9-17)15-4-2-1-3-5-15/h1-13,20,23H,14H2,(H,24,25). The Morgan fingerprint density at radius 2 is 1.48 bits per heavy atom. The van der Waals surface area contributed by atoms with Gasteiger partial charge in [-0.2, -0.15) is 0 Å². The molecule has 0 aromatic heterocycles. The zero-order valence-corrected chi connectivity index (χ0v) is 14.3. The van der Waals surface area contributed by atoms with E-state index >= 15 is 0 Å². The molecular weight excluding hydrogens is 334 g/mol. The summed E-state index contributed by atoms with van der Waals surface area (Å²) in [6.07, 6.45) is -0.00664. The van der Waals surface area contributed by atoms with Crippen LogP contribution in [0.25, 0.3) is 11.1 Å². The Morgan fingerprint density at radius 3 is 2.08 bits per heavy atom. The largest absolute Gasteiger partial charge is 0.481 e. The molecule has 3 nitrogen and oxygen atoms in total. The zero-order valence-electron chi connectivity index (χ0n) is 13.5. The molecule has 0 aliphatic heterocycles. The number of carboxylic acids is 1. The normalized spacial score (nSPS) is 11.7. The highest BCUT2D eigenvalue weighted by Gasteiger charge is 2.15. The SMILES string of the molecule is O=C(O)CC(Nc1ccc(Cl)cc1)c1ccc(-c2ccccc2)cc1. The van der Waals surface area contributed by atoms with E-state index in [4.69, 9.17) is 11.6 Å². The molecule has 0 amide bonds. The van der Waals surface area contributed by atoms with E-state index in [0.717, 1.165) is 22.4 Å². The van der Waals surface area contributed by atoms with Gasteiger partial charge < -0.3 is 10.4 Å². The number of carboxylic acid groups (broad SMARTS) is 1. The van der Waals surface area contributed by atoms with Gasteiger partial charge in [-0.15, -0.1) is 0 Å². The summed E-state index contributed by atoms with van der Waals surface area (Å²) in [5.74, 6) is -0.849. The number of nitrogens with one attached hydrogen (secondary N) is 1. The van der Waals surface area contributed by atoms with Gasteiger partial charge >= 0.3 is 5.97 Å². The highest BCUT2D eigenvalue weighted by Crippen LogP contribution is 2.26. The minimum atomic E-state index is -0.849. The molecule has 3 aromatic rings. The van der Waals surface area contributed by atoms with E-state index in [-0.39, 0.29) is 12.5 Å². The molecule has 3 rings (SSSR count). The third kappa shape index (κ3) is 4.61. The van der Waals surface area contributed by atoms with Crippen LogP contribution < -0.4 is 5.32 Å². The second-order valence-corrected chi connectivity index (χ2v) is 6.23. The van der Waals surface area contributed by atoms with Crippen LogP contribution in [0.2, 0.25) is 5.02 Å². The van der Waals surface area contributed by atoms with Crippen LogP contribution in [0, 0.1) is 0 Å². The summed E-state index contributed by atoms with van der Waals surface area (Å²) in [5.41, 5.74) is 4.00. The molecule has 25 heavy (non-hydrogen) atoms. The first-order valence-electron chi connectivity index (χ1n) is 8.01. The van der Waals surface area contributed by atoms with E-state index in [1.54, 1.807) is 12.1 Å². The van der Waals surface area contributed by atoms with Crippen LogP contribution in [-0.4, -0.2) is 11.1 Å². The first kappa shape index (κ1) is 17.1. The van der Waals surface area contributed by atoms with E-state index in [1.807, 2.05) is 54.6 Å². The van der Waals surface area contributed by atoms with Crippen LogP contribution in [0.1, 0.15) is 18.0 Å². The quantitative estimate of drug-likeness (QED) is 0.604. The highest BCUT2D eigenvalue weighted by molar-refractivity contribution is 6.30. The van der Waals surface area contributed by atoms with Crippen molar-refractivity contribution < 1.29 is 9.90 Å². The Hall–Kier alpha value is -2.78. The maximum Gasteiger partial charge on any atom is 0.305 e. The van der Waals surface area contributed by atoms with Crippen LogP contribution in [0.5, 0.6) is 0 Å². The van der Waals surface area contributed by atoms with Gasteiger partial charge in [-0.05, 0) is 41.0 Å². The van der Waals surface area contributed by atoms with E-state index in [0.29, 0.717) is 5.02 Å². The molecule has 2 N–H and O–H groups in total. The lowest BCUT2D eigenvalue weighted by Crippen LogP contribution is -2.15. The lowest BCUT2D eigenvalue weighted by atomic mass is 9.99. The molecule has 0 spiro atoms. The van der Waals surface area contributed by atoms with Gasteiger partial charge in [0, 0.05) is 10.7 Å². The van der Waals surface area contributed by atoms with Crippen LogP contribution in [-0.2, 0) is 4.79 Å². The van der Waals surface area contributed by atoms with E-state index < -0.39 is 5.97 Å². The number of carbonyl (C=O) groups is 1. The molecular formula is C21H18ClNO2. The number of rotatable bonds is 6.